The van der Waals surface area contributed by atoms with Crippen LogP contribution < -0.4 is 5.32 Å². The molecule has 14 heavy (non-hydrogen) atoms. The predicted molar refractivity (Wildman–Crippen MR) is 59.6 cm³/mol. The highest BCUT2D eigenvalue weighted by molar-refractivity contribution is 4.91. The van der Waals surface area contributed by atoms with Gasteiger partial charge in [0.2, 0.25) is 0 Å². The van der Waals surface area contributed by atoms with Crippen molar-refractivity contribution >= 4 is 0 Å². The van der Waals surface area contributed by atoms with Gasteiger partial charge in [0.15, 0.2) is 0 Å². The molecule has 2 aliphatic rings. The first-order valence-corrected chi connectivity index (χ1v) is 5.88. The zero-order valence-electron chi connectivity index (χ0n) is 9.50. The summed E-state index contributed by atoms with van der Waals surface area (Å²) in [5.41, 5.74) is 0. The molecule has 0 amide bonds. The SMILES string of the molecule is CN(C)CC1CNCCCN1C1CC1. The summed E-state index contributed by atoms with van der Waals surface area (Å²) in [7, 11) is 4.35. The lowest BCUT2D eigenvalue weighted by atomic mass is 10.2. The third-order valence-corrected chi connectivity index (χ3v) is 3.21. The molecular formula is C11H23N3. The molecular weight excluding hydrogens is 174 g/mol. The Kier molecular flexibility index (Phi) is 3.42. The van der Waals surface area contributed by atoms with E-state index in [2.05, 4.69) is 29.2 Å². The van der Waals surface area contributed by atoms with Gasteiger partial charge in [-0.15, -0.1) is 0 Å². The fourth-order valence-corrected chi connectivity index (χ4v) is 2.43. The number of nitrogens with zero attached hydrogens (tertiary/aromatic N) is 2. The number of hydrogen-bond acceptors (Lipinski definition) is 3. The van der Waals surface area contributed by atoms with Crippen LogP contribution in [-0.2, 0) is 0 Å². The number of hydrogen-bond donors (Lipinski definition) is 1. The molecule has 3 nitrogen and oxygen atoms in total. The van der Waals surface area contributed by atoms with Crippen LogP contribution in [0.25, 0.3) is 0 Å². The maximum atomic E-state index is 3.55. The van der Waals surface area contributed by atoms with Crippen molar-refractivity contribution in [1.29, 1.82) is 0 Å². The first-order chi connectivity index (χ1) is 6.77. The average Bonchev–Trinajstić information content (AvgIpc) is 2.87. The van der Waals surface area contributed by atoms with E-state index in [0.717, 1.165) is 12.1 Å². The van der Waals surface area contributed by atoms with Crippen LogP contribution in [0.3, 0.4) is 0 Å². The lowest BCUT2D eigenvalue weighted by molar-refractivity contribution is 0.164. The van der Waals surface area contributed by atoms with E-state index in [1.54, 1.807) is 0 Å². The number of nitrogens with one attached hydrogen (secondary N) is 1. The van der Waals surface area contributed by atoms with E-state index in [-0.39, 0.29) is 0 Å². The summed E-state index contributed by atoms with van der Waals surface area (Å²) in [5, 5.41) is 3.55. The molecule has 0 aromatic carbocycles. The first kappa shape index (κ1) is 10.4. The molecule has 0 radical (unpaired) electrons. The smallest absolute Gasteiger partial charge is 0.0350 e. The van der Waals surface area contributed by atoms with Gasteiger partial charge in [-0.2, -0.15) is 0 Å². The molecule has 0 aromatic heterocycles. The van der Waals surface area contributed by atoms with Crippen molar-refractivity contribution in [2.75, 3.05) is 40.3 Å². The molecule has 1 N–H and O–H groups in total. The van der Waals surface area contributed by atoms with Crippen LogP contribution in [0, 0.1) is 0 Å². The van der Waals surface area contributed by atoms with Crippen molar-refractivity contribution in [2.24, 2.45) is 0 Å². The van der Waals surface area contributed by atoms with Gasteiger partial charge < -0.3 is 10.2 Å². The number of rotatable bonds is 3. The Bertz CT molecular complexity index is 177. The van der Waals surface area contributed by atoms with Crippen LogP contribution in [0.1, 0.15) is 19.3 Å². The number of likely N-dealkylation sites (N-methyl/N-ethyl adjacent to an activating group) is 1. The molecule has 82 valence electrons. The summed E-state index contributed by atoms with van der Waals surface area (Å²) >= 11 is 0. The van der Waals surface area contributed by atoms with Gasteiger partial charge in [0, 0.05) is 31.7 Å². The molecule has 2 rings (SSSR count). The minimum Gasteiger partial charge on any atom is -0.315 e. The molecule has 1 atom stereocenters. The standard InChI is InChI=1S/C11H23N3/c1-13(2)9-11-8-12-6-3-7-14(11)10-4-5-10/h10-12H,3-9H2,1-2H3. The molecule has 0 spiro atoms. The van der Waals surface area contributed by atoms with Gasteiger partial charge >= 0.3 is 0 Å². The van der Waals surface area contributed by atoms with E-state index < -0.39 is 0 Å². The molecule has 1 saturated heterocycles. The maximum absolute atomic E-state index is 3.55. The second-order valence-electron chi connectivity index (χ2n) is 4.94. The zero-order valence-corrected chi connectivity index (χ0v) is 9.50. The van der Waals surface area contributed by atoms with Crippen molar-refractivity contribution < 1.29 is 0 Å². The third-order valence-electron chi connectivity index (χ3n) is 3.21. The molecule has 0 bridgehead atoms. The minimum absolute atomic E-state index is 0.736. The van der Waals surface area contributed by atoms with Gasteiger partial charge in [-0.3, -0.25) is 4.90 Å². The third kappa shape index (κ3) is 2.69. The van der Waals surface area contributed by atoms with Crippen LogP contribution in [-0.4, -0.2) is 62.2 Å². The summed E-state index contributed by atoms with van der Waals surface area (Å²) in [6, 6.07) is 1.65. The van der Waals surface area contributed by atoms with Gasteiger partial charge in [-0.05, 0) is 39.9 Å². The van der Waals surface area contributed by atoms with E-state index in [1.807, 2.05) is 0 Å². The molecule has 2 fully saturated rings. The van der Waals surface area contributed by atoms with E-state index in [9.17, 15) is 0 Å². The zero-order chi connectivity index (χ0) is 9.97. The normalized spacial score (nSPS) is 30.6. The van der Waals surface area contributed by atoms with Crippen LogP contribution in [0.4, 0.5) is 0 Å². The Morgan fingerprint density at radius 1 is 1.36 bits per heavy atom. The van der Waals surface area contributed by atoms with Crippen molar-refractivity contribution in [1.82, 2.24) is 15.1 Å². The highest BCUT2D eigenvalue weighted by atomic mass is 15.3. The quantitative estimate of drug-likeness (QED) is 0.705. The Balaban J connectivity index is 1.92. The Labute approximate surface area is 87.4 Å². The second-order valence-corrected chi connectivity index (χ2v) is 4.94. The average molecular weight is 197 g/mol. The Morgan fingerprint density at radius 3 is 2.79 bits per heavy atom. The lowest BCUT2D eigenvalue weighted by Crippen LogP contribution is -2.46. The molecule has 3 heteroatoms. The first-order valence-electron chi connectivity index (χ1n) is 5.88. The van der Waals surface area contributed by atoms with Gasteiger partial charge in [0.05, 0.1) is 0 Å². The molecule has 1 saturated carbocycles. The van der Waals surface area contributed by atoms with Crippen LogP contribution in [0.5, 0.6) is 0 Å². The van der Waals surface area contributed by atoms with Crippen molar-refractivity contribution in [3.8, 4) is 0 Å². The fourth-order valence-electron chi connectivity index (χ4n) is 2.43. The van der Waals surface area contributed by atoms with Gasteiger partial charge in [0.25, 0.3) is 0 Å². The van der Waals surface area contributed by atoms with Crippen LogP contribution >= 0.6 is 0 Å². The van der Waals surface area contributed by atoms with Crippen molar-refractivity contribution in [2.45, 2.75) is 31.3 Å². The second kappa shape index (κ2) is 4.60. The highest BCUT2D eigenvalue weighted by Gasteiger charge is 2.34. The van der Waals surface area contributed by atoms with E-state index in [0.29, 0.717) is 0 Å². The topological polar surface area (TPSA) is 18.5 Å². The Morgan fingerprint density at radius 2 is 2.14 bits per heavy atom. The van der Waals surface area contributed by atoms with Crippen molar-refractivity contribution in [3.05, 3.63) is 0 Å². The largest absolute Gasteiger partial charge is 0.315 e. The highest BCUT2D eigenvalue weighted by Crippen LogP contribution is 2.29. The van der Waals surface area contributed by atoms with Gasteiger partial charge in [0.1, 0.15) is 0 Å². The minimum atomic E-state index is 0.736. The summed E-state index contributed by atoms with van der Waals surface area (Å²) in [6.07, 6.45) is 4.19. The predicted octanol–water partition coefficient (Wildman–Crippen LogP) is 0.374. The molecule has 1 heterocycles. The molecule has 1 unspecified atom stereocenters. The van der Waals surface area contributed by atoms with E-state index in [4.69, 9.17) is 0 Å². The summed E-state index contributed by atoms with van der Waals surface area (Å²) < 4.78 is 0. The van der Waals surface area contributed by atoms with E-state index in [1.165, 1.54) is 45.4 Å². The van der Waals surface area contributed by atoms with Crippen molar-refractivity contribution in [3.63, 3.8) is 0 Å². The lowest BCUT2D eigenvalue weighted by Gasteiger charge is -2.31. The molecule has 1 aliphatic carbocycles. The van der Waals surface area contributed by atoms with Gasteiger partial charge in [-0.1, -0.05) is 0 Å². The van der Waals surface area contributed by atoms with Crippen LogP contribution in [0.15, 0.2) is 0 Å². The Hall–Kier alpha value is -0.120. The maximum Gasteiger partial charge on any atom is 0.0350 e. The molecule has 1 aliphatic heterocycles. The van der Waals surface area contributed by atoms with E-state index >= 15 is 0 Å². The van der Waals surface area contributed by atoms with Gasteiger partial charge in [-0.25, -0.2) is 0 Å². The summed E-state index contributed by atoms with van der Waals surface area (Å²) in [5.74, 6) is 0. The summed E-state index contributed by atoms with van der Waals surface area (Å²) in [6.45, 7) is 4.88. The monoisotopic (exact) mass is 197 g/mol. The fraction of sp³-hybridized carbons (Fsp3) is 1.00. The van der Waals surface area contributed by atoms with Crippen LogP contribution in [0.2, 0.25) is 0 Å². The summed E-state index contributed by atoms with van der Waals surface area (Å²) in [4.78, 5) is 5.05. The molecule has 0 aromatic rings.